The zero-order chi connectivity index (χ0) is 69.7. The van der Waals surface area contributed by atoms with E-state index in [4.69, 9.17) is 18.5 Å². The summed E-state index contributed by atoms with van der Waals surface area (Å²) in [7, 11) is 1.19. The number of phosphoric acid groups is 1. The summed E-state index contributed by atoms with van der Waals surface area (Å²) in [5.41, 5.74) is 0. The summed E-state index contributed by atoms with van der Waals surface area (Å²) in [6.45, 7) is 4.22. The van der Waals surface area contributed by atoms with Crippen molar-refractivity contribution in [3.05, 3.63) is 48.6 Å². The second kappa shape index (κ2) is 77.1. The van der Waals surface area contributed by atoms with E-state index in [0.717, 1.165) is 57.8 Å². The Bertz CT molecular complexity index is 1760. The van der Waals surface area contributed by atoms with Gasteiger partial charge in [0.25, 0.3) is 7.82 Å². The molecule has 0 bridgehead atoms. The molecule has 0 rings (SSSR count). The van der Waals surface area contributed by atoms with Crippen LogP contribution in [-0.2, 0) is 32.7 Å². The van der Waals surface area contributed by atoms with Crippen molar-refractivity contribution in [1.29, 1.82) is 0 Å². The molecule has 0 fully saturated rings. The number of hydrogen-bond donors (Lipinski definition) is 0. The first-order valence-electron chi connectivity index (χ1n) is 42.3. The Morgan fingerprint density at radius 2 is 0.594 bits per heavy atom. The molecule has 0 N–H and O–H groups in total. The van der Waals surface area contributed by atoms with E-state index in [1.54, 1.807) is 0 Å². The normalized spacial score (nSPS) is 13.2. The summed E-state index contributed by atoms with van der Waals surface area (Å²) in [6.07, 6.45) is 103. The number of phosphoric ester groups is 1. The highest BCUT2D eigenvalue weighted by Gasteiger charge is 2.22. The monoisotopic (exact) mass is 1370 g/mol. The Morgan fingerprint density at radius 3 is 0.885 bits per heavy atom. The molecule has 0 saturated heterocycles. The average molecular weight is 1370 g/mol. The molecule has 0 aliphatic carbocycles. The standard InChI is InChI=1S/C86H164NO8P/c1-6-8-10-12-14-16-18-20-22-24-26-28-30-32-34-36-38-39-40-41-42-43-44-45-46-47-49-51-53-55-57-59-61-63-65-67-69-71-73-75-77-79-86(89)95-84(83-94-96(90,91)93-81-80-87(3,4)5)82-92-85(88)78-76-74-72-70-68-66-64-62-60-58-56-54-52-50-48-37-35-33-31-29-27-25-23-21-19-17-15-13-11-9-7-2/h8,10,14,16,20,22,26,28,84H,6-7,9,11-13,15,17-19,21,23-25,27,29-83H2,1-5H3/b10-8-,16-14-,22-20-,28-26-. The molecule has 0 aromatic carbocycles. The lowest BCUT2D eigenvalue weighted by Crippen LogP contribution is -2.37. The highest BCUT2D eigenvalue weighted by Crippen LogP contribution is 2.38. The average Bonchev–Trinajstić information content (AvgIpc) is 2.54. The first-order chi connectivity index (χ1) is 47.0. The van der Waals surface area contributed by atoms with Crippen LogP contribution in [0.25, 0.3) is 0 Å². The van der Waals surface area contributed by atoms with E-state index in [2.05, 4.69) is 62.5 Å². The van der Waals surface area contributed by atoms with Crippen LogP contribution in [0.2, 0.25) is 0 Å². The molecule has 0 aliphatic heterocycles. The maximum atomic E-state index is 12.9. The second-order valence-electron chi connectivity index (χ2n) is 30.2. The third-order valence-corrected chi connectivity index (χ3v) is 20.3. The minimum absolute atomic E-state index is 0.0267. The van der Waals surface area contributed by atoms with E-state index < -0.39 is 26.5 Å². The molecule has 566 valence electrons. The van der Waals surface area contributed by atoms with Crippen LogP contribution in [0.1, 0.15) is 438 Å². The van der Waals surface area contributed by atoms with Gasteiger partial charge in [0.05, 0.1) is 27.7 Å². The third kappa shape index (κ3) is 80.9. The number of likely N-dealkylation sites (N-methyl/N-ethyl adjacent to an activating group) is 1. The fraction of sp³-hybridized carbons (Fsp3) is 0.884. The Labute approximate surface area is 598 Å². The van der Waals surface area contributed by atoms with E-state index in [1.807, 2.05) is 21.1 Å². The number of rotatable bonds is 80. The van der Waals surface area contributed by atoms with Crippen molar-refractivity contribution in [3.8, 4) is 0 Å². The molecule has 9 nitrogen and oxygen atoms in total. The van der Waals surface area contributed by atoms with Crippen LogP contribution in [0.5, 0.6) is 0 Å². The molecule has 2 unspecified atom stereocenters. The van der Waals surface area contributed by atoms with Crippen LogP contribution in [-0.4, -0.2) is 70.0 Å². The van der Waals surface area contributed by atoms with Gasteiger partial charge in [-0.2, -0.15) is 0 Å². The first kappa shape index (κ1) is 94.0. The van der Waals surface area contributed by atoms with Crippen LogP contribution in [0.15, 0.2) is 48.6 Å². The van der Waals surface area contributed by atoms with E-state index >= 15 is 0 Å². The van der Waals surface area contributed by atoms with Crippen molar-refractivity contribution in [2.24, 2.45) is 0 Å². The molecule has 0 aromatic heterocycles. The molecule has 10 heteroatoms. The molecule has 0 aromatic rings. The van der Waals surface area contributed by atoms with Gasteiger partial charge in [0, 0.05) is 12.8 Å². The van der Waals surface area contributed by atoms with Gasteiger partial charge in [-0.05, 0) is 51.4 Å². The van der Waals surface area contributed by atoms with Gasteiger partial charge in [0.15, 0.2) is 6.10 Å². The van der Waals surface area contributed by atoms with Crippen LogP contribution in [0.4, 0.5) is 0 Å². The van der Waals surface area contributed by atoms with Crippen LogP contribution in [0, 0.1) is 0 Å². The predicted octanol–water partition coefficient (Wildman–Crippen LogP) is 27.7. The van der Waals surface area contributed by atoms with Crippen LogP contribution < -0.4 is 4.89 Å². The van der Waals surface area contributed by atoms with Crippen molar-refractivity contribution in [2.75, 3.05) is 47.5 Å². The summed E-state index contributed by atoms with van der Waals surface area (Å²) >= 11 is 0. The van der Waals surface area contributed by atoms with E-state index in [9.17, 15) is 19.0 Å². The van der Waals surface area contributed by atoms with Gasteiger partial charge in [0.1, 0.15) is 19.8 Å². The Kier molecular flexibility index (Phi) is 75.5. The third-order valence-electron chi connectivity index (χ3n) is 19.4. The zero-order valence-electron chi connectivity index (χ0n) is 64.9. The van der Waals surface area contributed by atoms with Crippen LogP contribution >= 0.6 is 7.82 Å². The van der Waals surface area contributed by atoms with Gasteiger partial charge in [-0.1, -0.05) is 422 Å². The number of nitrogens with zero attached hydrogens (tertiary/aromatic N) is 1. The molecular formula is C86H164NO8P. The molecule has 0 spiro atoms. The number of allylic oxidation sites excluding steroid dienone is 8. The van der Waals surface area contributed by atoms with Gasteiger partial charge >= 0.3 is 11.9 Å². The summed E-state index contributed by atoms with van der Waals surface area (Å²) in [5, 5.41) is 0. The lowest BCUT2D eigenvalue weighted by Gasteiger charge is -2.28. The zero-order valence-corrected chi connectivity index (χ0v) is 65.7. The predicted molar refractivity (Wildman–Crippen MR) is 416 cm³/mol. The largest absolute Gasteiger partial charge is 0.756 e. The quantitative estimate of drug-likeness (QED) is 0.0195. The van der Waals surface area contributed by atoms with Gasteiger partial charge in [-0.3, -0.25) is 14.2 Å². The summed E-state index contributed by atoms with van der Waals surface area (Å²) in [5.74, 6) is -0.804. The number of carbonyl (C=O) groups is 2. The number of hydrogen-bond acceptors (Lipinski definition) is 8. The molecule has 0 aliphatic rings. The van der Waals surface area contributed by atoms with E-state index in [-0.39, 0.29) is 32.0 Å². The number of carbonyl (C=O) groups excluding carboxylic acids is 2. The van der Waals surface area contributed by atoms with Crippen molar-refractivity contribution in [2.45, 2.75) is 444 Å². The molecule has 0 amide bonds. The van der Waals surface area contributed by atoms with Gasteiger partial charge in [0.2, 0.25) is 0 Å². The first-order valence-corrected chi connectivity index (χ1v) is 43.8. The van der Waals surface area contributed by atoms with Gasteiger partial charge < -0.3 is 27.9 Å². The van der Waals surface area contributed by atoms with Crippen molar-refractivity contribution in [1.82, 2.24) is 0 Å². The lowest BCUT2D eigenvalue weighted by molar-refractivity contribution is -0.870. The molecule has 96 heavy (non-hydrogen) atoms. The van der Waals surface area contributed by atoms with Gasteiger partial charge in [-0.25, -0.2) is 0 Å². The highest BCUT2D eigenvalue weighted by molar-refractivity contribution is 7.45. The smallest absolute Gasteiger partial charge is 0.306 e. The number of ether oxygens (including phenoxy) is 2. The fourth-order valence-corrected chi connectivity index (χ4v) is 13.7. The molecule has 2 atom stereocenters. The Morgan fingerprint density at radius 1 is 0.333 bits per heavy atom. The Hall–Kier alpha value is -2.03. The minimum atomic E-state index is -4.64. The summed E-state index contributed by atoms with van der Waals surface area (Å²) < 4.78 is 34.5. The summed E-state index contributed by atoms with van der Waals surface area (Å²) in [6, 6.07) is 0. The van der Waals surface area contributed by atoms with Crippen molar-refractivity contribution < 1.29 is 42.1 Å². The van der Waals surface area contributed by atoms with E-state index in [1.165, 1.54) is 347 Å². The van der Waals surface area contributed by atoms with Crippen molar-refractivity contribution in [3.63, 3.8) is 0 Å². The summed E-state index contributed by atoms with van der Waals surface area (Å²) in [4.78, 5) is 38.2. The highest BCUT2D eigenvalue weighted by atomic mass is 31.2. The number of esters is 2. The SMILES string of the molecule is CC/C=C\C/C=C\C/C=C\C/C=C\CCCCCCCCCCCCCCCCCCCCCCCCCCCCCCC(=O)OC(COC(=O)CCCCCCCCCCCCCCCCCCCCCCCCCCCCCCCCC)COP(=O)([O-])OCC[N+](C)(C)C. The number of unbranched alkanes of at least 4 members (excludes halogenated alkanes) is 58. The van der Waals surface area contributed by atoms with Gasteiger partial charge in [-0.15, -0.1) is 0 Å². The van der Waals surface area contributed by atoms with E-state index in [0.29, 0.717) is 17.4 Å². The second-order valence-corrected chi connectivity index (χ2v) is 31.6. The molecule has 0 heterocycles. The number of quaternary nitrogens is 1. The molecule has 0 radical (unpaired) electrons. The lowest BCUT2D eigenvalue weighted by atomic mass is 10.0. The minimum Gasteiger partial charge on any atom is -0.756 e. The molecular weight excluding hydrogens is 1210 g/mol. The maximum Gasteiger partial charge on any atom is 0.306 e. The Balaban J connectivity index is 3.85. The fourth-order valence-electron chi connectivity index (χ4n) is 13.0. The van der Waals surface area contributed by atoms with Crippen LogP contribution in [0.3, 0.4) is 0 Å². The van der Waals surface area contributed by atoms with Crippen molar-refractivity contribution >= 4 is 19.8 Å². The maximum absolute atomic E-state index is 12.9. The molecule has 0 saturated carbocycles. The topological polar surface area (TPSA) is 111 Å².